The van der Waals surface area contributed by atoms with Crippen molar-refractivity contribution >= 4 is 21.6 Å². The average molecular weight is 308 g/mol. The van der Waals surface area contributed by atoms with Crippen molar-refractivity contribution in [2.45, 2.75) is 24.9 Å². The lowest BCUT2D eigenvalue weighted by Crippen LogP contribution is -2.13. The van der Waals surface area contributed by atoms with E-state index in [0.29, 0.717) is 5.69 Å². The van der Waals surface area contributed by atoms with E-state index in [2.05, 4.69) is 5.32 Å². The number of anilines is 1. The van der Waals surface area contributed by atoms with Crippen LogP contribution in [0.2, 0.25) is 0 Å². The second kappa shape index (κ2) is 5.71. The zero-order valence-electron chi connectivity index (χ0n) is 11.7. The van der Waals surface area contributed by atoms with Gasteiger partial charge in [-0.2, -0.15) is 0 Å². The van der Waals surface area contributed by atoms with Crippen molar-refractivity contribution < 1.29 is 17.6 Å². The monoisotopic (exact) mass is 308 g/mol. The number of nitrogens with one attached hydrogen (secondary N) is 1. The van der Waals surface area contributed by atoms with Crippen LogP contribution in [0, 0.1) is 0 Å². The van der Waals surface area contributed by atoms with Crippen LogP contribution in [-0.2, 0) is 10.0 Å². The summed E-state index contributed by atoms with van der Waals surface area (Å²) in [6.07, 6.45) is 0. The molecule has 2 aromatic rings. The molecule has 0 spiro atoms. The van der Waals surface area contributed by atoms with Crippen molar-refractivity contribution in [1.29, 1.82) is 0 Å². The van der Waals surface area contributed by atoms with Gasteiger partial charge in [0.25, 0.3) is 15.9 Å². The predicted octanol–water partition coefficient (Wildman–Crippen LogP) is 2.30. The fourth-order valence-corrected chi connectivity index (χ4v) is 2.36. The zero-order chi connectivity index (χ0) is 15.6. The molecule has 0 bridgehead atoms. The third kappa shape index (κ3) is 3.50. The summed E-state index contributed by atoms with van der Waals surface area (Å²) in [4.78, 5) is 12.1. The smallest absolute Gasteiger partial charge is 0.291 e. The van der Waals surface area contributed by atoms with Crippen LogP contribution in [0.5, 0.6) is 0 Å². The SMILES string of the molecule is CC(C)c1ccccc1NC(=O)c1ccc(S(N)(=O)=O)o1. The lowest BCUT2D eigenvalue weighted by Gasteiger charge is -2.12. The van der Waals surface area contributed by atoms with Crippen molar-refractivity contribution in [1.82, 2.24) is 0 Å². The first-order chi connectivity index (χ1) is 9.79. The van der Waals surface area contributed by atoms with Crippen LogP contribution in [0.15, 0.2) is 45.9 Å². The van der Waals surface area contributed by atoms with Gasteiger partial charge in [-0.25, -0.2) is 13.6 Å². The summed E-state index contributed by atoms with van der Waals surface area (Å²) in [5.74, 6) is -0.409. The van der Waals surface area contributed by atoms with Gasteiger partial charge in [0.2, 0.25) is 5.09 Å². The number of carbonyl (C=O) groups is 1. The minimum atomic E-state index is -3.96. The summed E-state index contributed by atoms with van der Waals surface area (Å²) in [6, 6.07) is 9.80. The van der Waals surface area contributed by atoms with E-state index in [-0.39, 0.29) is 11.7 Å². The Hall–Kier alpha value is -2.12. The molecule has 6 nitrogen and oxygen atoms in total. The molecule has 112 valence electrons. The van der Waals surface area contributed by atoms with E-state index in [4.69, 9.17) is 9.56 Å². The molecule has 0 saturated carbocycles. The molecule has 0 saturated heterocycles. The highest BCUT2D eigenvalue weighted by molar-refractivity contribution is 7.89. The van der Waals surface area contributed by atoms with Crippen LogP contribution in [-0.4, -0.2) is 14.3 Å². The molecule has 0 fully saturated rings. The van der Waals surface area contributed by atoms with Gasteiger partial charge in [-0.1, -0.05) is 32.0 Å². The van der Waals surface area contributed by atoms with Crippen LogP contribution in [0.4, 0.5) is 5.69 Å². The number of furan rings is 1. The lowest BCUT2D eigenvalue weighted by molar-refractivity contribution is 0.0991. The van der Waals surface area contributed by atoms with E-state index < -0.39 is 21.0 Å². The summed E-state index contributed by atoms with van der Waals surface area (Å²) >= 11 is 0. The Morgan fingerprint density at radius 1 is 1.19 bits per heavy atom. The minimum absolute atomic E-state index is 0.113. The number of rotatable bonds is 4. The average Bonchev–Trinajstić information content (AvgIpc) is 2.88. The molecule has 0 aliphatic rings. The second-order valence-corrected chi connectivity index (χ2v) is 6.35. The number of carbonyl (C=O) groups excluding carboxylic acids is 1. The summed E-state index contributed by atoms with van der Waals surface area (Å²) in [6.45, 7) is 4.02. The third-order valence-electron chi connectivity index (χ3n) is 2.92. The van der Waals surface area contributed by atoms with E-state index in [1.54, 1.807) is 12.1 Å². The first kappa shape index (κ1) is 15.3. The highest BCUT2D eigenvalue weighted by atomic mass is 32.2. The van der Waals surface area contributed by atoms with Gasteiger partial charge in [0.15, 0.2) is 5.76 Å². The number of hydrogen-bond donors (Lipinski definition) is 2. The van der Waals surface area contributed by atoms with E-state index >= 15 is 0 Å². The molecule has 0 atom stereocenters. The van der Waals surface area contributed by atoms with Crippen LogP contribution in [0.25, 0.3) is 0 Å². The molecule has 0 aliphatic heterocycles. The molecular formula is C14H16N2O4S. The van der Waals surface area contributed by atoms with Crippen LogP contribution >= 0.6 is 0 Å². The Kier molecular flexibility index (Phi) is 4.15. The maximum absolute atomic E-state index is 12.1. The van der Waals surface area contributed by atoms with Gasteiger partial charge in [0, 0.05) is 5.69 Å². The normalized spacial score (nSPS) is 11.6. The van der Waals surface area contributed by atoms with Crippen LogP contribution in [0.3, 0.4) is 0 Å². The second-order valence-electron chi connectivity index (χ2n) is 4.86. The summed E-state index contributed by atoms with van der Waals surface area (Å²) in [5, 5.41) is 7.20. The van der Waals surface area contributed by atoms with Gasteiger partial charge in [-0.05, 0) is 29.7 Å². The molecule has 1 heterocycles. The van der Waals surface area contributed by atoms with Crippen molar-refractivity contribution in [3.05, 3.63) is 47.7 Å². The number of sulfonamides is 1. The van der Waals surface area contributed by atoms with E-state index in [1.807, 2.05) is 26.0 Å². The number of para-hydroxylation sites is 1. The van der Waals surface area contributed by atoms with E-state index in [0.717, 1.165) is 11.6 Å². The largest absolute Gasteiger partial charge is 0.438 e. The number of benzene rings is 1. The molecule has 21 heavy (non-hydrogen) atoms. The summed E-state index contributed by atoms with van der Waals surface area (Å²) in [5.41, 5.74) is 1.63. The first-order valence-electron chi connectivity index (χ1n) is 6.32. The van der Waals surface area contributed by atoms with Gasteiger partial charge in [0.05, 0.1) is 0 Å². The van der Waals surface area contributed by atoms with Crippen molar-refractivity contribution in [2.24, 2.45) is 5.14 Å². The third-order valence-corrected chi connectivity index (χ3v) is 3.70. The number of hydrogen-bond acceptors (Lipinski definition) is 4. The number of amides is 1. The molecule has 0 aliphatic carbocycles. The quantitative estimate of drug-likeness (QED) is 0.904. The highest BCUT2D eigenvalue weighted by Gasteiger charge is 2.18. The zero-order valence-corrected chi connectivity index (χ0v) is 12.5. The van der Waals surface area contributed by atoms with Gasteiger partial charge in [-0.3, -0.25) is 4.79 Å². The Labute approximate surface area is 123 Å². The molecule has 1 amide bonds. The Morgan fingerprint density at radius 2 is 1.86 bits per heavy atom. The molecule has 2 rings (SSSR count). The number of primary sulfonamides is 1. The molecule has 7 heteroatoms. The number of nitrogens with two attached hydrogens (primary N) is 1. The predicted molar refractivity (Wildman–Crippen MR) is 78.6 cm³/mol. The maximum atomic E-state index is 12.1. The lowest BCUT2D eigenvalue weighted by atomic mass is 10.0. The molecule has 1 aromatic heterocycles. The van der Waals surface area contributed by atoms with Crippen molar-refractivity contribution in [2.75, 3.05) is 5.32 Å². The first-order valence-corrected chi connectivity index (χ1v) is 7.86. The molecular weight excluding hydrogens is 292 g/mol. The van der Waals surface area contributed by atoms with Crippen molar-refractivity contribution in [3.63, 3.8) is 0 Å². The van der Waals surface area contributed by atoms with Gasteiger partial charge in [0.1, 0.15) is 0 Å². The van der Waals surface area contributed by atoms with Gasteiger partial charge >= 0.3 is 0 Å². The van der Waals surface area contributed by atoms with Crippen LogP contribution < -0.4 is 10.5 Å². The molecule has 0 radical (unpaired) electrons. The Morgan fingerprint density at radius 3 is 2.43 bits per heavy atom. The standard InChI is InChI=1S/C14H16N2O4S/c1-9(2)10-5-3-4-6-11(10)16-14(17)12-7-8-13(20-12)21(15,18)19/h3-9H,1-2H3,(H,16,17)(H2,15,18,19). The molecule has 1 aromatic carbocycles. The van der Waals surface area contributed by atoms with Gasteiger partial charge in [-0.15, -0.1) is 0 Å². The fraction of sp³-hybridized carbons (Fsp3) is 0.214. The fourth-order valence-electron chi connectivity index (χ4n) is 1.89. The molecule has 3 N–H and O–H groups in total. The topological polar surface area (TPSA) is 102 Å². The van der Waals surface area contributed by atoms with E-state index in [9.17, 15) is 13.2 Å². The van der Waals surface area contributed by atoms with Crippen molar-refractivity contribution in [3.8, 4) is 0 Å². The maximum Gasteiger partial charge on any atom is 0.291 e. The highest BCUT2D eigenvalue weighted by Crippen LogP contribution is 2.24. The Balaban J connectivity index is 2.25. The van der Waals surface area contributed by atoms with Gasteiger partial charge < -0.3 is 9.73 Å². The molecule has 0 unspecified atom stereocenters. The van der Waals surface area contributed by atoms with Crippen LogP contribution in [0.1, 0.15) is 35.9 Å². The summed E-state index contributed by atoms with van der Waals surface area (Å²) < 4.78 is 27.2. The minimum Gasteiger partial charge on any atom is -0.438 e. The van der Waals surface area contributed by atoms with E-state index in [1.165, 1.54) is 6.07 Å². The summed E-state index contributed by atoms with van der Waals surface area (Å²) in [7, 11) is -3.96. The Bertz CT molecular complexity index is 763.